The minimum Gasteiger partial charge on any atom is -0.394 e. The van der Waals surface area contributed by atoms with Crippen molar-refractivity contribution in [1.82, 2.24) is 0 Å². The number of hydrogen-bond donors (Lipinski definition) is 14. The van der Waals surface area contributed by atoms with Gasteiger partial charge in [0, 0.05) is 12.3 Å². The van der Waals surface area contributed by atoms with Gasteiger partial charge in [-0.25, -0.2) is 0 Å². The number of ether oxygens (including phenoxy) is 18. The van der Waals surface area contributed by atoms with E-state index in [9.17, 15) is 71.5 Å². The second-order valence-corrected chi connectivity index (χ2v) is 21.9. The molecule has 5 fully saturated rings. The molecule has 502 valence electrons. The van der Waals surface area contributed by atoms with Crippen LogP contribution in [0.3, 0.4) is 0 Å². The highest BCUT2D eigenvalue weighted by atomic mass is 16.8. The molecular formula is C53H98O32. The fourth-order valence-corrected chi connectivity index (χ4v) is 10.8. The van der Waals surface area contributed by atoms with Gasteiger partial charge in [-0.1, -0.05) is 13.8 Å². The molecule has 5 rings (SSSR count). The van der Waals surface area contributed by atoms with Gasteiger partial charge in [0.05, 0.1) is 149 Å². The second kappa shape index (κ2) is 37.9. The van der Waals surface area contributed by atoms with E-state index in [1.165, 1.54) is 0 Å². The maximum atomic E-state index is 12.4. The Hall–Kier alpha value is -1.28. The highest BCUT2D eigenvalue weighted by Crippen LogP contribution is 2.40. The van der Waals surface area contributed by atoms with Gasteiger partial charge in [-0.2, -0.15) is 0 Å². The van der Waals surface area contributed by atoms with Crippen molar-refractivity contribution in [2.75, 3.05) is 126 Å². The smallest absolute Gasteiger partial charge is 0.197 e. The molecule has 32 nitrogen and oxygen atoms in total. The van der Waals surface area contributed by atoms with Crippen LogP contribution >= 0.6 is 0 Å². The van der Waals surface area contributed by atoms with E-state index in [4.69, 9.17) is 85.3 Å². The van der Waals surface area contributed by atoms with Gasteiger partial charge in [0.1, 0.15) is 92.1 Å². The van der Waals surface area contributed by atoms with E-state index in [-0.39, 0.29) is 65.4 Å². The van der Waals surface area contributed by atoms with Crippen molar-refractivity contribution >= 4 is 0 Å². The number of hydrogen-bond acceptors (Lipinski definition) is 32. The highest BCUT2D eigenvalue weighted by molar-refractivity contribution is 5.00. The third-order valence-corrected chi connectivity index (χ3v) is 14.5. The van der Waals surface area contributed by atoms with Crippen LogP contribution in [0.1, 0.15) is 48.0 Å². The van der Waals surface area contributed by atoms with Gasteiger partial charge in [0.2, 0.25) is 0 Å². The lowest BCUT2D eigenvalue weighted by Crippen LogP contribution is -2.68. The molecule has 0 bridgehead atoms. The summed E-state index contributed by atoms with van der Waals surface area (Å²) in [6.45, 7) is 2.96. The molecule has 85 heavy (non-hydrogen) atoms. The molecule has 0 saturated carbocycles. The molecular weight excluding hydrogens is 1150 g/mol. The van der Waals surface area contributed by atoms with Crippen molar-refractivity contribution in [2.24, 2.45) is 11.8 Å². The Labute approximate surface area is 494 Å². The van der Waals surface area contributed by atoms with Crippen LogP contribution < -0.4 is 0 Å². The highest BCUT2D eigenvalue weighted by Gasteiger charge is 2.58. The summed E-state index contributed by atoms with van der Waals surface area (Å²) < 4.78 is 110. The summed E-state index contributed by atoms with van der Waals surface area (Å²) in [6, 6.07) is 0. The van der Waals surface area contributed by atoms with Gasteiger partial charge in [0.25, 0.3) is 0 Å². The van der Waals surface area contributed by atoms with Crippen molar-refractivity contribution in [3.05, 3.63) is 0 Å². The van der Waals surface area contributed by atoms with Crippen LogP contribution in [0.5, 0.6) is 0 Å². The maximum absolute atomic E-state index is 12.4. The van der Waals surface area contributed by atoms with Gasteiger partial charge >= 0.3 is 0 Å². The lowest BCUT2D eigenvalue weighted by molar-refractivity contribution is -0.409. The Morgan fingerprint density at radius 1 is 0.400 bits per heavy atom. The van der Waals surface area contributed by atoms with Crippen LogP contribution in [-0.2, 0) is 85.3 Å². The fraction of sp³-hybridized carbons (Fsp3) is 1.00. The van der Waals surface area contributed by atoms with Crippen LogP contribution in [0.25, 0.3) is 0 Å². The lowest BCUT2D eigenvalue weighted by Gasteiger charge is -2.51. The number of aliphatic hydroxyl groups is 14. The van der Waals surface area contributed by atoms with Crippen LogP contribution in [-0.4, -0.2) is 350 Å². The molecule has 15 unspecified atom stereocenters. The Morgan fingerprint density at radius 2 is 0.812 bits per heavy atom. The molecule has 5 saturated heterocycles. The van der Waals surface area contributed by atoms with Gasteiger partial charge in [0.15, 0.2) is 37.2 Å². The SMILES string of the molecule is CC(C)O[C@@H]1OC(COCCO)(OCC2O[C@@H](O[C@H]3C(COCCO)O[C@@H](OC(C)C)C(OCCO)C3O)C(O)C(O)[C@H]2O[C@@H]2OC(CO)[C@H](O[C@@H]3OC(COCCO)[C@@H](C(C)C)C(O)C3OCCO)C(O)C2OCCO)CC(O)C1OCCO. The molecule has 0 spiro atoms. The van der Waals surface area contributed by atoms with E-state index in [1.54, 1.807) is 27.7 Å². The summed E-state index contributed by atoms with van der Waals surface area (Å²) in [7, 11) is 0. The van der Waals surface area contributed by atoms with Gasteiger partial charge in [-0.05, 0) is 33.6 Å². The van der Waals surface area contributed by atoms with Crippen LogP contribution in [0.4, 0.5) is 0 Å². The van der Waals surface area contributed by atoms with E-state index >= 15 is 0 Å². The van der Waals surface area contributed by atoms with Crippen molar-refractivity contribution in [3.63, 3.8) is 0 Å². The minimum atomic E-state index is -2.12. The Balaban J connectivity index is 1.55. The first-order chi connectivity index (χ1) is 40.8. The van der Waals surface area contributed by atoms with Crippen LogP contribution in [0.2, 0.25) is 0 Å². The molecule has 14 N–H and O–H groups in total. The van der Waals surface area contributed by atoms with Gasteiger partial charge < -0.3 is 157 Å². The zero-order valence-corrected chi connectivity index (χ0v) is 49.3. The van der Waals surface area contributed by atoms with Gasteiger partial charge in [-0.15, -0.1) is 0 Å². The maximum Gasteiger partial charge on any atom is 0.197 e. The fourth-order valence-electron chi connectivity index (χ4n) is 10.8. The van der Waals surface area contributed by atoms with E-state index in [0.29, 0.717) is 0 Å². The topological polar surface area (TPSA) is 449 Å². The van der Waals surface area contributed by atoms with Crippen molar-refractivity contribution in [3.8, 4) is 0 Å². The molecule has 0 amide bonds. The van der Waals surface area contributed by atoms with Crippen molar-refractivity contribution in [2.45, 2.75) is 201 Å². The molecule has 0 aromatic rings. The first-order valence-electron chi connectivity index (χ1n) is 29.1. The first-order valence-corrected chi connectivity index (χ1v) is 29.1. The first kappa shape index (κ1) is 74.4. The van der Waals surface area contributed by atoms with Crippen molar-refractivity contribution < 1.29 is 157 Å². The number of aliphatic hydroxyl groups excluding tert-OH is 14. The monoisotopic (exact) mass is 1250 g/mol. The van der Waals surface area contributed by atoms with Crippen LogP contribution in [0, 0.1) is 11.8 Å². The molecule has 5 aliphatic heterocycles. The summed E-state index contributed by atoms with van der Waals surface area (Å²) >= 11 is 0. The molecule has 0 aliphatic carbocycles. The Kier molecular flexibility index (Phi) is 33.2. The summed E-state index contributed by atoms with van der Waals surface area (Å²) in [4.78, 5) is 0. The predicted molar refractivity (Wildman–Crippen MR) is 282 cm³/mol. The van der Waals surface area contributed by atoms with E-state index < -0.39 is 232 Å². The molecule has 0 radical (unpaired) electrons. The van der Waals surface area contributed by atoms with Crippen molar-refractivity contribution in [1.29, 1.82) is 0 Å². The zero-order chi connectivity index (χ0) is 62.4. The second-order valence-electron chi connectivity index (χ2n) is 21.9. The molecule has 32 heteroatoms. The lowest BCUT2D eigenvalue weighted by atomic mass is 9.81. The van der Waals surface area contributed by atoms with E-state index in [1.807, 2.05) is 13.8 Å². The van der Waals surface area contributed by atoms with E-state index in [0.717, 1.165) is 0 Å². The molecule has 24 atom stereocenters. The molecule has 0 aromatic carbocycles. The van der Waals surface area contributed by atoms with Gasteiger partial charge in [-0.3, -0.25) is 0 Å². The minimum absolute atomic E-state index is 0.0634. The summed E-state index contributed by atoms with van der Waals surface area (Å²) in [5.41, 5.74) is 0. The Bertz CT molecular complexity index is 1760. The Morgan fingerprint density at radius 3 is 1.33 bits per heavy atom. The standard InChI is InChI=1S/C53H98O32/c1-27(2)35-32(23-68-14-7-54)79-50(45(36(35)63)72-18-11-58)83-42-31(22-61)78-51(47(39(42)66)74-20-13-60)84-43-34(25-75-53(26-70-16-9-56)21-30(62)41(71-17-10-57)52(85-53)77-29(5)6)80-48(38(65)37(43)64)82-44-33(24-69-15-8-55)81-49(76-28(3)4)46(40(44)67)73-19-12-59/h27-52,54-67H,7-26H2,1-6H3/t30?,31?,32?,33?,34?,35-,36?,37?,38?,39?,40?,41?,42+,43+,44+,45?,46?,47?,48+,49-,50+,51+,52-,53?/m1/s1. The quantitative estimate of drug-likeness (QED) is 0.0254. The van der Waals surface area contributed by atoms with E-state index in [2.05, 4.69) is 0 Å². The zero-order valence-electron chi connectivity index (χ0n) is 49.3. The van der Waals surface area contributed by atoms with Crippen LogP contribution in [0.15, 0.2) is 0 Å². The molecule has 0 aromatic heterocycles. The number of rotatable bonds is 39. The molecule has 5 aliphatic rings. The summed E-state index contributed by atoms with van der Waals surface area (Å²) in [5.74, 6) is -2.87. The molecule has 5 heterocycles. The summed E-state index contributed by atoms with van der Waals surface area (Å²) in [6.07, 6.45) is -36.0. The largest absolute Gasteiger partial charge is 0.394 e. The normalized spacial score (nSPS) is 39.4. The predicted octanol–water partition coefficient (Wildman–Crippen LogP) is -6.68. The third kappa shape index (κ3) is 20.9. The summed E-state index contributed by atoms with van der Waals surface area (Å²) in [5, 5.41) is 151. The third-order valence-electron chi connectivity index (χ3n) is 14.5. The average molecular weight is 1250 g/mol. The average Bonchev–Trinajstić information content (AvgIpc) is 1.97.